The van der Waals surface area contributed by atoms with Crippen LogP contribution in [0.5, 0.6) is 5.75 Å². The highest BCUT2D eigenvalue weighted by atomic mass is 19.1. The summed E-state index contributed by atoms with van der Waals surface area (Å²) in [6.07, 6.45) is 5.08. The number of pyridine rings is 1. The highest BCUT2D eigenvalue weighted by Crippen LogP contribution is 2.21. The summed E-state index contributed by atoms with van der Waals surface area (Å²) in [5.41, 5.74) is 1.02. The molecule has 0 bridgehead atoms. The molecular weight excluding hydrogens is 345 g/mol. The Morgan fingerprint density at radius 3 is 2.81 bits per heavy atom. The molecule has 0 unspecified atom stereocenters. The van der Waals surface area contributed by atoms with Gasteiger partial charge >= 0.3 is 0 Å². The van der Waals surface area contributed by atoms with Crippen LogP contribution in [0.4, 0.5) is 4.39 Å². The summed E-state index contributed by atoms with van der Waals surface area (Å²) < 4.78 is 18.4. The molecule has 0 radical (unpaired) electrons. The lowest BCUT2D eigenvalue weighted by atomic mass is 10.1. The van der Waals surface area contributed by atoms with Crippen LogP contribution in [0.2, 0.25) is 0 Å². The summed E-state index contributed by atoms with van der Waals surface area (Å²) in [6.45, 7) is 2.81. The molecule has 1 aromatic heterocycles. The third-order valence-corrected chi connectivity index (χ3v) is 4.80. The van der Waals surface area contributed by atoms with Gasteiger partial charge in [-0.3, -0.25) is 9.78 Å². The van der Waals surface area contributed by atoms with Crippen LogP contribution in [0.1, 0.15) is 25.0 Å². The molecule has 1 aliphatic rings. The smallest absolute Gasteiger partial charge is 0.222 e. The number of aromatic nitrogens is 1. The highest BCUT2D eigenvalue weighted by Gasteiger charge is 2.29. The molecule has 1 N–H and O–H groups in total. The molecule has 1 aromatic carbocycles. The zero-order valence-corrected chi connectivity index (χ0v) is 15.4. The fourth-order valence-electron chi connectivity index (χ4n) is 3.35. The molecule has 1 fully saturated rings. The number of carbonyl (C=O) groups is 1. The zero-order valence-electron chi connectivity index (χ0n) is 15.4. The van der Waals surface area contributed by atoms with E-state index in [2.05, 4.69) is 10.3 Å². The van der Waals surface area contributed by atoms with Crippen molar-refractivity contribution in [3.8, 4) is 5.75 Å². The Bertz CT molecular complexity index is 709. The van der Waals surface area contributed by atoms with Gasteiger partial charge in [0.1, 0.15) is 18.2 Å². The third kappa shape index (κ3) is 6.03. The Kier molecular flexibility index (Phi) is 7.16. The lowest BCUT2D eigenvalue weighted by molar-refractivity contribution is -0.129. The SMILES string of the molecule is O=C1CC[C@@H](CCNCCOc2ccc(F)cc2)N1CCc1ccccn1. The van der Waals surface area contributed by atoms with Gasteiger partial charge in [-0.15, -0.1) is 0 Å². The van der Waals surface area contributed by atoms with Gasteiger partial charge in [0.05, 0.1) is 0 Å². The van der Waals surface area contributed by atoms with E-state index in [0.29, 0.717) is 31.4 Å². The predicted octanol–water partition coefficient (Wildman–Crippen LogP) is 2.81. The second kappa shape index (κ2) is 10.0. The van der Waals surface area contributed by atoms with E-state index >= 15 is 0 Å². The average Bonchev–Trinajstić information content (AvgIpc) is 3.04. The van der Waals surface area contributed by atoms with Crippen LogP contribution in [0.15, 0.2) is 48.7 Å². The van der Waals surface area contributed by atoms with Gasteiger partial charge in [0, 0.05) is 43.9 Å². The molecule has 27 heavy (non-hydrogen) atoms. The first kappa shape index (κ1) is 19.3. The van der Waals surface area contributed by atoms with Gasteiger partial charge in [-0.1, -0.05) is 6.07 Å². The van der Waals surface area contributed by atoms with Gasteiger partial charge in [0.2, 0.25) is 5.91 Å². The van der Waals surface area contributed by atoms with Gasteiger partial charge in [-0.05, 0) is 55.8 Å². The van der Waals surface area contributed by atoms with Crippen molar-refractivity contribution in [2.24, 2.45) is 0 Å². The molecule has 3 rings (SSSR count). The number of hydrogen-bond acceptors (Lipinski definition) is 4. The Balaban J connectivity index is 1.33. The number of hydrogen-bond donors (Lipinski definition) is 1. The van der Waals surface area contributed by atoms with Crippen LogP contribution >= 0.6 is 0 Å². The molecule has 1 atom stereocenters. The maximum absolute atomic E-state index is 12.8. The van der Waals surface area contributed by atoms with Crippen molar-refractivity contribution in [2.75, 3.05) is 26.2 Å². The largest absolute Gasteiger partial charge is 0.492 e. The number of ether oxygens (including phenoxy) is 1. The highest BCUT2D eigenvalue weighted by molar-refractivity contribution is 5.78. The van der Waals surface area contributed by atoms with E-state index < -0.39 is 0 Å². The Labute approximate surface area is 159 Å². The number of benzene rings is 1. The van der Waals surface area contributed by atoms with E-state index in [9.17, 15) is 9.18 Å². The number of nitrogens with zero attached hydrogens (tertiary/aromatic N) is 2. The Hall–Kier alpha value is -2.47. The van der Waals surface area contributed by atoms with Crippen molar-refractivity contribution in [2.45, 2.75) is 31.7 Å². The number of halogens is 1. The van der Waals surface area contributed by atoms with Crippen molar-refractivity contribution >= 4 is 5.91 Å². The average molecular weight is 371 g/mol. The summed E-state index contributed by atoms with van der Waals surface area (Å²) in [7, 11) is 0. The van der Waals surface area contributed by atoms with Crippen molar-refractivity contribution in [1.82, 2.24) is 15.2 Å². The first-order valence-electron chi connectivity index (χ1n) is 9.51. The summed E-state index contributed by atoms with van der Waals surface area (Å²) in [6, 6.07) is 12.2. The number of rotatable bonds is 10. The summed E-state index contributed by atoms with van der Waals surface area (Å²) in [5.74, 6) is 0.648. The Morgan fingerprint density at radius 2 is 2.04 bits per heavy atom. The van der Waals surface area contributed by atoms with Crippen molar-refractivity contribution in [3.63, 3.8) is 0 Å². The summed E-state index contributed by atoms with van der Waals surface area (Å²) in [5, 5.41) is 3.35. The van der Waals surface area contributed by atoms with Crippen molar-refractivity contribution < 1.29 is 13.9 Å². The molecule has 5 nitrogen and oxygen atoms in total. The van der Waals surface area contributed by atoms with Gasteiger partial charge in [-0.2, -0.15) is 0 Å². The molecule has 1 amide bonds. The van der Waals surface area contributed by atoms with Crippen LogP contribution in [-0.4, -0.2) is 48.1 Å². The molecule has 2 heterocycles. The standard InChI is InChI=1S/C21H26FN3O2/c22-17-4-7-20(8-5-17)27-16-14-23-13-10-19-6-9-21(26)25(19)15-11-18-3-1-2-12-24-18/h1-5,7-8,12,19,23H,6,9-11,13-16H2/t19-/m0/s1. The molecule has 144 valence electrons. The van der Waals surface area contributed by atoms with E-state index in [-0.39, 0.29) is 11.7 Å². The van der Waals surface area contributed by atoms with E-state index in [1.165, 1.54) is 12.1 Å². The van der Waals surface area contributed by atoms with E-state index in [4.69, 9.17) is 4.74 Å². The molecule has 0 spiro atoms. The fraction of sp³-hybridized carbons (Fsp3) is 0.429. The maximum atomic E-state index is 12.8. The normalized spacial score (nSPS) is 16.7. The first-order valence-corrected chi connectivity index (χ1v) is 9.51. The van der Waals surface area contributed by atoms with Crippen LogP contribution in [-0.2, 0) is 11.2 Å². The minimum atomic E-state index is -0.265. The second-order valence-corrected chi connectivity index (χ2v) is 6.69. The number of likely N-dealkylation sites (tertiary alicyclic amines) is 1. The van der Waals surface area contributed by atoms with E-state index in [1.54, 1.807) is 18.3 Å². The number of amides is 1. The zero-order chi connectivity index (χ0) is 18.9. The van der Waals surface area contributed by atoms with Gasteiger partial charge < -0.3 is 15.0 Å². The van der Waals surface area contributed by atoms with Gasteiger partial charge in [0.15, 0.2) is 0 Å². The monoisotopic (exact) mass is 371 g/mol. The molecule has 0 saturated carbocycles. The Morgan fingerprint density at radius 1 is 1.19 bits per heavy atom. The molecular formula is C21H26FN3O2. The summed E-state index contributed by atoms with van der Waals surface area (Å²) >= 11 is 0. The van der Waals surface area contributed by atoms with Crippen LogP contribution in [0.25, 0.3) is 0 Å². The molecule has 2 aromatic rings. The predicted molar refractivity (Wildman–Crippen MR) is 102 cm³/mol. The first-order chi connectivity index (χ1) is 13.2. The van der Waals surface area contributed by atoms with E-state index in [0.717, 1.165) is 38.0 Å². The number of nitrogens with one attached hydrogen (secondary N) is 1. The van der Waals surface area contributed by atoms with E-state index in [1.807, 2.05) is 23.1 Å². The van der Waals surface area contributed by atoms with Crippen LogP contribution < -0.4 is 10.1 Å². The topological polar surface area (TPSA) is 54.5 Å². The molecule has 1 saturated heterocycles. The second-order valence-electron chi connectivity index (χ2n) is 6.69. The lowest BCUT2D eigenvalue weighted by Crippen LogP contribution is -2.37. The maximum Gasteiger partial charge on any atom is 0.222 e. The van der Waals surface area contributed by atoms with Crippen LogP contribution in [0, 0.1) is 5.82 Å². The number of carbonyl (C=O) groups excluding carboxylic acids is 1. The molecule has 6 heteroatoms. The third-order valence-electron chi connectivity index (χ3n) is 4.80. The molecule has 1 aliphatic heterocycles. The van der Waals surface area contributed by atoms with Gasteiger partial charge in [0.25, 0.3) is 0 Å². The summed E-state index contributed by atoms with van der Waals surface area (Å²) in [4.78, 5) is 18.5. The lowest BCUT2D eigenvalue weighted by Gasteiger charge is -2.25. The van der Waals surface area contributed by atoms with Crippen LogP contribution in [0.3, 0.4) is 0 Å². The molecule has 0 aliphatic carbocycles. The van der Waals surface area contributed by atoms with Gasteiger partial charge in [-0.25, -0.2) is 4.39 Å². The minimum Gasteiger partial charge on any atom is -0.492 e. The van der Waals surface area contributed by atoms with Crippen molar-refractivity contribution in [1.29, 1.82) is 0 Å². The van der Waals surface area contributed by atoms with Crippen molar-refractivity contribution in [3.05, 3.63) is 60.2 Å². The quantitative estimate of drug-likeness (QED) is 0.653. The minimum absolute atomic E-state index is 0.246. The fourth-order valence-corrected chi connectivity index (χ4v) is 3.35.